The molecule has 5 heteroatoms. The van der Waals surface area contributed by atoms with Gasteiger partial charge >= 0.3 is 0 Å². The number of aliphatic hydroxyl groups is 1. The normalized spacial score (nSPS) is 11.4. The fourth-order valence-corrected chi connectivity index (χ4v) is 2.91. The Labute approximate surface area is 130 Å². The van der Waals surface area contributed by atoms with Gasteiger partial charge in [-0.3, -0.25) is 4.79 Å². The summed E-state index contributed by atoms with van der Waals surface area (Å²) in [5.74, 6) is 1.23. The first-order chi connectivity index (χ1) is 9.31. The van der Waals surface area contributed by atoms with Crippen LogP contribution in [-0.4, -0.2) is 40.4 Å². The number of rotatable bonds is 7. The molecule has 1 aromatic rings. The van der Waals surface area contributed by atoms with Crippen LogP contribution in [0.2, 0.25) is 5.02 Å². The molecular weight excluding hydrogens is 294 g/mol. The first-order valence-electron chi connectivity index (χ1n) is 6.64. The predicted octanol–water partition coefficient (Wildman–Crippen LogP) is 3.19. The van der Waals surface area contributed by atoms with Crippen LogP contribution in [-0.2, 0) is 10.5 Å². The van der Waals surface area contributed by atoms with Crippen molar-refractivity contribution in [2.75, 3.05) is 18.8 Å². The second kappa shape index (κ2) is 7.91. The maximum absolute atomic E-state index is 12.1. The second-order valence-electron chi connectivity index (χ2n) is 5.34. The number of carbonyl (C=O) groups excluding carboxylic acids is 1. The molecule has 0 saturated carbocycles. The van der Waals surface area contributed by atoms with Crippen LogP contribution in [0.15, 0.2) is 24.3 Å². The number of benzene rings is 1. The number of likely N-dealkylation sites (N-methyl/N-ethyl adjacent to an activating group) is 1. The minimum absolute atomic E-state index is 0.0571. The summed E-state index contributed by atoms with van der Waals surface area (Å²) in [4.78, 5) is 13.8. The van der Waals surface area contributed by atoms with E-state index in [4.69, 9.17) is 11.6 Å². The van der Waals surface area contributed by atoms with Gasteiger partial charge in [-0.2, -0.15) is 0 Å². The molecule has 0 aliphatic heterocycles. The molecule has 0 heterocycles. The van der Waals surface area contributed by atoms with Gasteiger partial charge in [-0.25, -0.2) is 0 Å². The van der Waals surface area contributed by atoms with Crippen LogP contribution >= 0.6 is 23.4 Å². The van der Waals surface area contributed by atoms with Gasteiger partial charge < -0.3 is 10.0 Å². The van der Waals surface area contributed by atoms with Gasteiger partial charge in [0.25, 0.3) is 0 Å². The van der Waals surface area contributed by atoms with Crippen molar-refractivity contribution >= 4 is 29.3 Å². The molecule has 20 heavy (non-hydrogen) atoms. The topological polar surface area (TPSA) is 40.5 Å². The number of nitrogens with zero attached hydrogens (tertiary/aromatic N) is 1. The molecule has 1 rings (SSSR count). The van der Waals surface area contributed by atoms with Crippen molar-refractivity contribution < 1.29 is 9.90 Å². The van der Waals surface area contributed by atoms with Gasteiger partial charge in [0.05, 0.1) is 11.4 Å². The van der Waals surface area contributed by atoms with Gasteiger partial charge in [-0.05, 0) is 38.5 Å². The van der Waals surface area contributed by atoms with Gasteiger partial charge in [-0.15, -0.1) is 11.8 Å². The Kier molecular flexibility index (Phi) is 6.86. The third-order valence-corrected chi connectivity index (χ3v) is 3.92. The van der Waals surface area contributed by atoms with Crippen molar-refractivity contribution in [1.29, 1.82) is 0 Å². The van der Waals surface area contributed by atoms with E-state index < -0.39 is 5.60 Å². The maximum atomic E-state index is 12.1. The lowest BCUT2D eigenvalue weighted by atomic mass is 10.1. The van der Waals surface area contributed by atoms with E-state index in [9.17, 15) is 9.90 Å². The Morgan fingerprint density at radius 3 is 2.70 bits per heavy atom. The van der Waals surface area contributed by atoms with E-state index in [1.807, 2.05) is 31.2 Å². The van der Waals surface area contributed by atoms with Crippen molar-refractivity contribution in [3.05, 3.63) is 34.9 Å². The zero-order chi connectivity index (χ0) is 15.2. The average molecular weight is 316 g/mol. The summed E-state index contributed by atoms with van der Waals surface area (Å²) in [6, 6.07) is 7.65. The van der Waals surface area contributed by atoms with Crippen molar-refractivity contribution in [2.45, 2.75) is 32.1 Å². The number of hydrogen-bond donors (Lipinski definition) is 1. The zero-order valence-electron chi connectivity index (χ0n) is 12.2. The molecule has 0 aromatic heterocycles. The molecule has 0 atom stereocenters. The second-order valence-corrected chi connectivity index (χ2v) is 6.77. The number of hydrogen-bond acceptors (Lipinski definition) is 3. The van der Waals surface area contributed by atoms with Gasteiger partial charge in [0.1, 0.15) is 0 Å². The monoisotopic (exact) mass is 315 g/mol. The van der Waals surface area contributed by atoms with Gasteiger partial charge in [0, 0.05) is 23.9 Å². The minimum atomic E-state index is -0.858. The van der Waals surface area contributed by atoms with E-state index in [0.717, 1.165) is 11.3 Å². The van der Waals surface area contributed by atoms with E-state index in [1.54, 1.807) is 30.5 Å². The highest BCUT2D eigenvalue weighted by Crippen LogP contribution is 2.17. The average Bonchev–Trinajstić information content (AvgIpc) is 2.34. The number of carbonyl (C=O) groups is 1. The zero-order valence-corrected chi connectivity index (χ0v) is 13.8. The summed E-state index contributed by atoms with van der Waals surface area (Å²) in [7, 11) is 0. The molecule has 0 aliphatic rings. The first kappa shape index (κ1) is 17.3. The van der Waals surface area contributed by atoms with Crippen LogP contribution in [0.3, 0.4) is 0 Å². The molecule has 112 valence electrons. The first-order valence-corrected chi connectivity index (χ1v) is 8.17. The van der Waals surface area contributed by atoms with Crippen molar-refractivity contribution in [3.63, 3.8) is 0 Å². The number of halogens is 1. The summed E-state index contributed by atoms with van der Waals surface area (Å²) in [6.07, 6.45) is 0. The molecule has 3 nitrogen and oxygen atoms in total. The van der Waals surface area contributed by atoms with Crippen LogP contribution in [0, 0.1) is 0 Å². The third kappa shape index (κ3) is 6.64. The van der Waals surface area contributed by atoms with Gasteiger partial charge in [0.15, 0.2) is 0 Å². The van der Waals surface area contributed by atoms with Gasteiger partial charge in [0.2, 0.25) is 5.91 Å². The van der Waals surface area contributed by atoms with Crippen molar-refractivity contribution in [3.8, 4) is 0 Å². The van der Waals surface area contributed by atoms with E-state index in [1.165, 1.54) is 0 Å². The lowest BCUT2D eigenvalue weighted by Crippen LogP contribution is -2.42. The summed E-state index contributed by atoms with van der Waals surface area (Å²) in [5, 5.41) is 10.5. The van der Waals surface area contributed by atoms with E-state index in [2.05, 4.69) is 0 Å². The Balaban J connectivity index is 2.42. The standard InChI is InChI=1S/C15H22ClNO2S/c1-4-17(11-15(2,3)19)14(18)10-20-9-12-6-5-7-13(16)8-12/h5-8,19H,4,9-11H2,1-3H3. The molecule has 1 amide bonds. The largest absolute Gasteiger partial charge is 0.389 e. The van der Waals surface area contributed by atoms with Crippen LogP contribution in [0.1, 0.15) is 26.3 Å². The molecule has 1 aromatic carbocycles. The molecule has 0 bridgehead atoms. The lowest BCUT2D eigenvalue weighted by Gasteiger charge is -2.28. The molecule has 0 aliphatic carbocycles. The molecule has 0 spiro atoms. The van der Waals surface area contributed by atoms with Crippen LogP contribution < -0.4 is 0 Å². The highest BCUT2D eigenvalue weighted by Gasteiger charge is 2.20. The molecule has 0 fully saturated rings. The lowest BCUT2D eigenvalue weighted by molar-refractivity contribution is -0.131. The molecule has 0 unspecified atom stereocenters. The van der Waals surface area contributed by atoms with Crippen LogP contribution in [0.4, 0.5) is 0 Å². The highest BCUT2D eigenvalue weighted by molar-refractivity contribution is 7.99. The van der Waals surface area contributed by atoms with Crippen LogP contribution in [0.25, 0.3) is 0 Å². The van der Waals surface area contributed by atoms with Crippen LogP contribution in [0.5, 0.6) is 0 Å². The smallest absolute Gasteiger partial charge is 0.232 e. The fourth-order valence-electron chi connectivity index (χ4n) is 1.82. The Morgan fingerprint density at radius 2 is 2.15 bits per heavy atom. The molecular formula is C15H22ClNO2S. The van der Waals surface area contributed by atoms with Crippen molar-refractivity contribution in [1.82, 2.24) is 4.90 Å². The summed E-state index contributed by atoms with van der Waals surface area (Å²) in [6.45, 7) is 6.32. The highest BCUT2D eigenvalue weighted by atomic mass is 35.5. The number of thioether (sulfide) groups is 1. The molecule has 0 radical (unpaired) electrons. The van der Waals surface area contributed by atoms with Gasteiger partial charge in [-0.1, -0.05) is 23.7 Å². The fraction of sp³-hybridized carbons (Fsp3) is 0.533. The summed E-state index contributed by atoms with van der Waals surface area (Å²) >= 11 is 7.48. The predicted molar refractivity (Wildman–Crippen MR) is 86.2 cm³/mol. The molecule has 0 saturated heterocycles. The van der Waals surface area contributed by atoms with E-state index in [-0.39, 0.29) is 5.91 Å². The quantitative estimate of drug-likeness (QED) is 0.840. The summed E-state index contributed by atoms with van der Waals surface area (Å²) < 4.78 is 0. The Morgan fingerprint density at radius 1 is 1.45 bits per heavy atom. The minimum Gasteiger partial charge on any atom is -0.389 e. The van der Waals surface area contributed by atoms with E-state index in [0.29, 0.717) is 23.9 Å². The molecule has 1 N–H and O–H groups in total. The third-order valence-electron chi connectivity index (χ3n) is 2.70. The Bertz CT molecular complexity index is 446. The summed E-state index contributed by atoms with van der Waals surface area (Å²) in [5.41, 5.74) is 0.254. The Hall–Kier alpha value is -0.710. The maximum Gasteiger partial charge on any atom is 0.232 e. The van der Waals surface area contributed by atoms with Crippen molar-refractivity contribution in [2.24, 2.45) is 0 Å². The van der Waals surface area contributed by atoms with E-state index >= 15 is 0 Å². The number of amides is 1. The SMILES string of the molecule is CCN(CC(C)(C)O)C(=O)CSCc1cccc(Cl)c1.